The van der Waals surface area contributed by atoms with Crippen molar-refractivity contribution in [2.24, 2.45) is 0 Å². The van der Waals surface area contributed by atoms with Crippen LogP contribution in [0.3, 0.4) is 0 Å². The molecule has 0 fully saturated rings. The molecule has 0 aliphatic rings. The van der Waals surface area contributed by atoms with E-state index in [0.717, 1.165) is 11.1 Å². The minimum absolute atomic E-state index is 0.00825. The summed E-state index contributed by atoms with van der Waals surface area (Å²) in [4.78, 5) is 56.3. The Balaban J connectivity index is 0.000000211. The van der Waals surface area contributed by atoms with Crippen molar-refractivity contribution in [2.45, 2.75) is 45.7 Å². The van der Waals surface area contributed by atoms with Crippen molar-refractivity contribution in [3.63, 3.8) is 0 Å². The molecule has 0 aliphatic heterocycles. The summed E-state index contributed by atoms with van der Waals surface area (Å²) in [6.45, 7) is 5.07. The Morgan fingerprint density at radius 3 is 1.73 bits per heavy atom. The number of nitrogens with zero attached hydrogens (tertiary/aromatic N) is 2. The van der Waals surface area contributed by atoms with Crippen LogP contribution in [0.4, 0.5) is 4.39 Å². The lowest BCUT2D eigenvalue weighted by molar-refractivity contribution is -0.138. The fourth-order valence-electron chi connectivity index (χ4n) is 5.59. The average molecular weight is 767 g/mol. The topological polar surface area (TPSA) is 185 Å². The number of aromatic nitrogens is 2. The number of halogens is 2. The summed E-state index contributed by atoms with van der Waals surface area (Å²) in [6, 6.07) is 27.6. The summed E-state index contributed by atoms with van der Waals surface area (Å²) in [5, 5.41) is 24.3. The number of carbonyl (C=O) groups excluding carboxylic acids is 2. The number of carboxylic acids is 2. The fraction of sp³-hybridized carbons (Fsp3) is 0.171. The number of rotatable bonds is 12. The van der Waals surface area contributed by atoms with Gasteiger partial charge in [-0.2, -0.15) is 0 Å². The highest BCUT2D eigenvalue weighted by Gasteiger charge is 2.26. The van der Waals surface area contributed by atoms with Crippen molar-refractivity contribution in [1.82, 2.24) is 20.6 Å². The van der Waals surface area contributed by atoms with Gasteiger partial charge in [0.1, 0.15) is 17.3 Å². The van der Waals surface area contributed by atoms with Gasteiger partial charge in [0.05, 0.1) is 30.5 Å². The molecule has 0 spiro atoms. The normalized spacial score (nSPS) is 11.8. The summed E-state index contributed by atoms with van der Waals surface area (Å²) < 4.78 is 25.0. The maximum absolute atomic E-state index is 14.0. The van der Waals surface area contributed by atoms with Gasteiger partial charge in [0.15, 0.2) is 11.4 Å². The van der Waals surface area contributed by atoms with Crippen molar-refractivity contribution in [3.8, 4) is 22.9 Å². The van der Waals surface area contributed by atoms with Gasteiger partial charge >= 0.3 is 11.9 Å². The standard InChI is InChI=1S/C21H19FN2O4.C20H17ClN2O4/c1-12-6-5-7-14(10-12)17(11-18(25)26)23-20(27)19-13(2)28-21(24-19)15-8-3-4-9-16(15)22;1-12-18(23-20(27-12)13-6-3-2-4-7-13)19(26)22-16(11-17(24)25)14-8-5-9-15(21)10-14/h3-10,17H,11H2,1-2H3,(H,23,27)(H,25,26);2-10,16H,11H2,1H3,(H,22,26)(H,24,25)/t17-;16-/m00/s1. The molecule has 6 rings (SSSR count). The Kier molecular flexibility index (Phi) is 12.9. The maximum Gasteiger partial charge on any atom is 0.305 e. The lowest BCUT2D eigenvalue weighted by atomic mass is 10.0. The molecular formula is C41H36ClFN4O8. The molecule has 0 bridgehead atoms. The van der Waals surface area contributed by atoms with E-state index in [2.05, 4.69) is 20.6 Å². The molecule has 4 N–H and O–H groups in total. The van der Waals surface area contributed by atoms with E-state index in [1.54, 1.807) is 62.4 Å². The molecule has 2 aromatic heterocycles. The van der Waals surface area contributed by atoms with Gasteiger partial charge in [0.25, 0.3) is 11.8 Å². The second kappa shape index (κ2) is 18.0. The second-order valence-corrected chi connectivity index (χ2v) is 12.8. The third-order valence-corrected chi connectivity index (χ3v) is 8.45. The van der Waals surface area contributed by atoms with Crippen molar-refractivity contribution in [2.75, 3.05) is 0 Å². The molecule has 0 aliphatic carbocycles. The summed E-state index contributed by atoms with van der Waals surface area (Å²) in [7, 11) is 0. The number of oxazole rings is 2. The van der Waals surface area contributed by atoms with Crippen LogP contribution in [0.2, 0.25) is 5.02 Å². The van der Waals surface area contributed by atoms with Crippen LogP contribution in [0.5, 0.6) is 0 Å². The average Bonchev–Trinajstić information content (AvgIpc) is 3.74. The van der Waals surface area contributed by atoms with Crippen LogP contribution in [0.25, 0.3) is 22.9 Å². The number of aliphatic carboxylic acids is 2. The first-order valence-corrected chi connectivity index (χ1v) is 17.3. The largest absolute Gasteiger partial charge is 0.481 e. The zero-order valence-electron chi connectivity index (χ0n) is 29.9. The van der Waals surface area contributed by atoms with Crippen LogP contribution in [-0.4, -0.2) is 43.9 Å². The predicted molar refractivity (Wildman–Crippen MR) is 201 cm³/mol. The smallest absolute Gasteiger partial charge is 0.305 e. The van der Waals surface area contributed by atoms with Gasteiger partial charge in [-0.05, 0) is 68.3 Å². The summed E-state index contributed by atoms with van der Waals surface area (Å²) >= 11 is 5.99. The van der Waals surface area contributed by atoms with E-state index < -0.39 is 41.7 Å². The number of carbonyl (C=O) groups is 4. The van der Waals surface area contributed by atoms with E-state index in [1.807, 2.05) is 49.4 Å². The molecule has 0 saturated heterocycles. The molecule has 0 saturated carbocycles. The molecule has 6 aromatic rings. The zero-order chi connectivity index (χ0) is 39.6. The van der Waals surface area contributed by atoms with Crippen molar-refractivity contribution in [3.05, 3.63) is 154 Å². The number of hydrogen-bond acceptors (Lipinski definition) is 8. The predicted octanol–water partition coefficient (Wildman–Crippen LogP) is 8.29. The highest BCUT2D eigenvalue weighted by atomic mass is 35.5. The number of carboxylic acid groups (broad SMARTS) is 2. The molecular weight excluding hydrogens is 731 g/mol. The van der Waals surface area contributed by atoms with E-state index >= 15 is 0 Å². The Bertz CT molecular complexity index is 2320. The van der Waals surface area contributed by atoms with Crippen molar-refractivity contribution >= 4 is 35.4 Å². The molecule has 4 aromatic carbocycles. The van der Waals surface area contributed by atoms with Gasteiger partial charge in [0, 0.05) is 10.6 Å². The van der Waals surface area contributed by atoms with Gasteiger partial charge in [0.2, 0.25) is 11.8 Å². The van der Waals surface area contributed by atoms with Gasteiger partial charge < -0.3 is 29.7 Å². The second-order valence-electron chi connectivity index (χ2n) is 12.4. The van der Waals surface area contributed by atoms with E-state index in [9.17, 15) is 33.8 Å². The highest BCUT2D eigenvalue weighted by Crippen LogP contribution is 2.27. The minimum atomic E-state index is -1.05. The Morgan fingerprint density at radius 1 is 0.673 bits per heavy atom. The van der Waals surface area contributed by atoms with Crippen LogP contribution in [0, 0.1) is 26.6 Å². The highest BCUT2D eigenvalue weighted by molar-refractivity contribution is 6.30. The van der Waals surface area contributed by atoms with E-state index in [-0.39, 0.29) is 41.4 Å². The number of nitrogens with one attached hydrogen (secondary N) is 2. The monoisotopic (exact) mass is 766 g/mol. The number of amides is 2. The first-order chi connectivity index (χ1) is 26.3. The lowest BCUT2D eigenvalue weighted by Gasteiger charge is -2.17. The zero-order valence-corrected chi connectivity index (χ0v) is 30.6. The fourth-order valence-corrected chi connectivity index (χ4v) is 5.78. The van der Waals surface area contributed by atoms with Crippen molar-refractivity contribution in [1.29, 1.82) is 0 Å². The Labute approximate surface area is 320 Å². The summed E-state index contributed by atoms with van der Waals surface area (Å²) in [5.74, 6) is -2.80. The van der Waals surface area contributed by atoms with Gasteiger partial charge in [-0.15, -0.1) is 0 Å². The van der Waals surface area contributed by atoms with Gasteiger partial charge in [-0.1, -0.05) is 83.9 Å². The Morgan fingerprint density at radius 2 is 1.18 bits per heavy atom. The first kappa shape index (κ1) is 39.6. The molecule has 0 unspecified atom stereocenters. The van der Waals surface area contributed by atoms with Crippen LogP contribution in [-0.2, 0) is 9.59 Å². The summed E-state index contributed by atoms with van der Waals surface area (Å²) in [5.41, 5.74) is 3.21. The molecule has 14 heteroatoms. The van der Waals surface area contributed by atoms with Crippen LogP contribution >= 0.6 is 11.6 Å². The molecule has 282 valence electrons. The molecule has 2 heterocycles. The molecule has 2 atom stereocenters. The number of hydrogen-bond donors (Lipinski definition) is 4. The van der Waals surface area contributed by atoms with Gasteiger partial charge in [-0.3, -0.25) is 19.2 Å². The molecule has 2 amide bonds. The maximum atomic E-state index is 14.0. The van der Waals surface area contributed by atoms with E-state index in [1.165, 1.54) is 12.1 Å². The van der Waals surface area contributed by atoms with Gasteiger partial charge in [-0.25, -0.2) is 14.4 Å². The number of benzene rings is 4. The third-order valence-electron chi connectivity index (χ3n) is 8.21. The lowest BCUT2D eigenvalue weighted by Crippen LogP contribution is -2.31. The first-order valence-electron chi connectivity index (χ1n) is 16.9. The molecule has 0 radical (unpaired) electrons. The minimum Gasteiger partial charge on any atom is -0.481 e. The van der Waals surface area contributed by atoms with E-state index in [4.69, 9.17) is 20.4 Å². The molecule has 55 heavy (non-hydrogen) atoms. The van der Waals surface area contributed by atoms with E-state index in [0.29, 0.717) is 27.8 Å². The summed E-state index contributed by atoms with van der Waals surface area (Å²) in [6.07, 6.45) is -0.569. The molecule has 12 nitrogen and oxygen atoms in total. The van der Waals surface area contributed by atoms with Crippen LogP contribution in [0.15, 0.2) is 112 Å². The third kappa shape index (κ3) is 10.5. The van der Waals surface area contributed by atoms with Crippen LogP contribution in [0.1, 0.15) is 74.1 Å². The SMILES string of the molecule is Cc1cccc([C@H](CC(=O)O)NC(=O)c2nc(-c3ccccc3F)oc2C)c1.Cc1oc(-c2ccccc2)nc1C(=O)N[C@@H](CC(=O)O)c1cccc(Cl)c1. The Hall–Kier alpha value is -6.60. The van der Waals surface area contributed by atoms with Crippen LogP contribution < -0.4 is 10.6 Å². The van der Waals surface area contributed by atoms with Crippen molar-refractivity contribution < 1.29 is 42.6 Å². The number of aryl methyl sites for hydroxylation is 3. The quantitative estimate of drug-likeness (QED) is 0.0945.